The van der Waals surface area contributed by atoms with Crippen LogP contribution in [0.2, 0.25) is 0 Å². The molecule has 2 rings (SSSR count). The van der Waals surface area contributed by atoms with Crippen LogP contribution in [-0.4, -0.2) is 16.0 Å². The second kappa shape index (κ2) is 6.03. The van der Waals surface area contributed by atoms with E-state index in [1.54, 1.807) is 0 Å². The van der Waals surface area contributed by atoms with Crippen LogP contribution in [0.15, 0.2) is 6.07 Å². The first kappa shape index (κ1) is 13.1. The Balaban J connectivity index is 2.04. The molecule has 4 heteroatoms. The fraction of sp³-hybridized carbons (Fsp3) is 0.714. The predicted molar refractivity (Wildman–Crippen MR) is 75.5 cm³/mol. The van der Waals surface area contributed by atoms with Crippen LogP contribution in [-0.2, 0) is 0 Å². The molecule has 3 N–H and O–H groups in total. The Morgan fingerprint density at radius 3 is 2.67 bits per heavy atom. The van der Waals surface area contributed by atoms with Gasteiger partial charge in [0.2, 0.25) is 0 Å². The lowest BCUT2D eigenvalue weighted by Crippen LogP contribution is -2.30. The molecule has 0 bridgehead atoms. The number of hydrogen-bond donors (Lipinski definition) is 2. The van der Waals surface area contributed by atoms with E-state index >= 15 is 0 Å². The van der Waals surface area contributed by atoms with Crippen LogP contribution in [0.4, 0.5) is 11.6 Å². The third kappa shape index (κ3) is 3.34. The zero-order valence-electron chi connectivity index (χ0n) is 11.4. The number of anilines is 2. The van der Waals surface area contributed by atoms with Crippen LogP contribution >= 0.6 is 0 Å². The highest BCUT2D eigenvalue weighted by molar-refractivity contribution is 5.45. The van der Waals surface area contributed by atoms with Crippen molar-refractivity contribution < 1.29 is 0 Å². The molecule has 0 amide bonds. The van der Waals surface area contributed by atoms with Crippen LogP contribution < -0.4 is 11.1 Å². The minimum atomic E-state index is 0.513. The monoisotopic (exact) mass is 248 g/mol. The third-order valence-electron chi connectivity index (χ3n) is 3.85. The van der Waals surface area contributed by atoms with Gasteiger partial charge in [-0.25, -0.2) is 9.97 Å². The third-order valence-corrected chi connectivity index (χ3v) is 3.85. The molecule has 1 fully saturated rings. The van der Waals surface area contributed by atoms with Crippen molar-refractivity contribution in [3.8, 4) is 0 Å². The fourth-order valence-corrected chi connectivity index (χ4v) is 2.94. The summed E-state index contributed by atoms with van der Waals surface area (Å²) in [6.45, 7) is 4.12. The zero-order valence-corrected chi connectivity index (χ0v) is 11.4. The van der Waals surface area contributed by atoms with Gasteiger partial charge in [-0.1, -0.05) is 26.2 Å². The van der Waals surface area contributed by atoms with Gasteiger partial charge >= 0.3 is 0 Å². The summed E-state index contributed by atoms with van der Waals surface area (Å²) < 4.78 is 0. The molecule has 0 radical (unpaired) electrons. The molecule has 1 aromatic heterocycles. The quantitative estimate of drug-likeness (QED) is 0.859. The molecule has 1 aromatic rings. The molecule has 1 heterocycles. The summed E-state index contributed by atoms with van der Waals surface area (Å²) in [5.41, 5.74) is 5.76. The van der Waals surface area contributed by atoms with E-state index in [4.69, 9.17) is 5.73 Å². The van der Waals surface area contributed by atoms with Gasteiger partial charge in [0.1, 0.15) is 17.5 Å². The Labute approximate surface area is 109 Å². The second-order valence-electron chi connectivity index (χ2n) is 5.28. The van der Waals surface area contributed by atoms with Crippen molar-refractivity contribution in [2.24, 2.45) is 5.92 Å². The first-order valence-corrected chi connectivity index (χ1v) is 7.06. The lowest BCUT2D eigenvalue weighted by atomic mass is 9.83. The van der Waals surface area contributed by atoms with Gasteiger partial charge in [-0.05, 0) is 32.1 Å². The molecule has 18 heavy (non-hydrogen) atoms. The minimum absolute atomic E-state index is 0.513. The number of nitrogens with zero attached hydrogens (tertiary/aromatic N) is 2. The summed E-state index contributed by atoms with van der Waals surface area (Å²) in [6.07, 6.45) is 7.94. The van der Waals surface area contributed by atoms with Gasteiger partial charge in [0.05, 0.1) is 0 Å². The van der Waals surface area contributed by atoms with Gasteiger partial charge < -0.3 is 11.1 Å². The van der Waals surface area contributed by atoms with E-state index in [1.165, 1.54) is 32.1 Å². The van der Waals surface area contributed by atoms with Crippen molar-refractivity contribution in [1.82, 2.24) is 9.97 Å². The Hall–Kier alpha value is -1.32. The highest BCUT2D eigenvalue weighted by Gasteiger charge is 2.22. The number of nitrogens with two attached hydrogens (primary N) is 1. The van der Waals surface area contributed by atoms with Crippen molar-refractivity contribution in [3.63, 3.8) is 0 Å². The van der Waals surface area contributed by atoms with Crippen molar-refractivity contribution >= 4 is 11.6 Å². The lowest BCUT2D eigenvalue weighted by molar-refractivity contribution is 0.312. The smallest absolute Gasteiger partial charge is 0.132 e. The van der Waals surface area contributed by atoms with Gasteiger partial charge in [0.15, 0.2) is 0 Å². The number of aryl methyl sites for hydroxylation is 1. The lowest BCUT2D eigenvalue weighted by Gasteiger charge is -2.30. The van der Waals surface area contributed by atoms with Crippen LogP contribution in [0.1, 0.15) is 51.3 Å². The Bertz CT molecular complexity index is 365. The predicted octanol–water partition coefficient (Wildman–Crippen LogP) is 3.14. The molecule has 1 atom stereocenters. The van der Waals surface area contributed by atoms with Crippen LogP contribution in [0.5, 0.6) is 0 Å². The molecule has 1 saturated carbocycles. The Kier molecular flexibility index (Phi) is 4.39. The van der Waals surface area contributed by atoms with Gasteiger partial charge in [0, 0.05) is 12.1 Å². The summed E-state index contributed by atoms with van der Waals surface area (Å²) in [4.78, 5) is 8.52. The van der Waals surface area contributed by atoms with Crippen molar-refractivity contribution in [1.29, 1.82) is 0 Å². The maximum absolute atomic E-state index is 5.76. The number of nitrogen functional groups attached to an aromatic ring is 1. The summed E-state index contributed by atoms with van der Waals surface area (Å²) in [5.74, 6) is 2.93. The van der Waals surface area contributed by atoms with Gasteiger partial charge in [-0.3, -0.25) is 0 Å². The number of nitrogens with one attached hydrogen (secondary N) is 1. The highest BCUT2D eigenvalue weighted by Crippen LogP contribution is 2.29. The SMILES string of the molecule is CCC(Nc1cc(N)nc(C)n1)C1CCCCC1. The van der Waals surface area contributed by atoms with Crippen molar-refractivity contribution in [2.75, 3.05) is 11.1 Å². The molecule has 1 unspecified atom stereocenters. The fourth-order valence-electron chi connectivity index (χ4n) is 2.94. The molecule has 4 nitrogen and oxygen atoms in total. The molecule has 0 aromatic carbocycles. The van der Waals surface area contributed by atoms with Gasteiger partial charge in [-0.2, -0.15) is 0 Å². The van der Waals surface area contributed by atoms with E-state index in [9.17, 15) is 0 Å². The van der Waals surface area contributed by atoms with Crippen molar-refractivity contribution in [3.05, 3.63) is 11.9 Å². The van der Waals surface area contributed by atoms with E-state index in [0.29, 0.717) is 11.9 Å². The standard InChI is InChI=1S/C14H24N4/c1-3-12(11-7-5-4-6-8-11)18-14-9-13(15)16-10(2)17-14/h9,11-12H,3-8H2,1-2H3,(H3,15,16,17,18). The van der Waals surface area contributed by atoms with Crippen LogP contribution in [0.3, 0.4) is 0 Å². The second-order valence-corrected chi connectivity index (χ2v) is 5.28. The molecular formula is C14H24N4. The number of rotatable bonds is 4. The Morgan fingerprint density at radius 2 is 2.06 bits per heavy atom. The van der Waals surface area contributed by atoms with Gasteiger partial charge in [0.25, 0.3) is 0 Å². The van der Waals surface area contributed by atoms with E-state index in [2.05, 4.69) is 22.2 Å². The molecule has 100 valence electrons. The normalized spacial score (nSPS) is 18.6. The van der Waals surface area contributed by atoms with E-state index in [0.717, 1.165) is 24.0 Å². The van der Waals surface area contributed by atoms with E-state index < -0.39 is 0 Å². The van der Waals surface area contributed by atoms with Crippen LogP contribution in [0, 0.1) is 12.8 Å². The molecule has 1 aliphatic carbocycles. The number of aromatic nitrogens is 2. The average Bonchev–Trinajstić information content (AvgIpc) is 2.36. The summed E-state index contributed by atoms with van der Waals surface area (Å²) in [5, 5.41) is 3.55. The molecule has 0 spiro atoms. The molecule has 1 aliphatic rings. The van der Waals surface area contributed by atoms with Gasteiger partial charge in [-0.15, -0.1) is 0 Å². The summed E-state index contributed by atoms with van der Waals surface area (Å²) in [6, 6.07) is 2.34. The maximum Gasteiger partial charge on any atom is 0.132 e. The average molecular weight is 248 g/mol. The first-order chi connectivity index (χ1) is 8.69. The summed E-state index contributed by atoms with van der Waals surface area (Å²) in [7, 11) is 0. The maximum atomic E-state index is 5.76. The first-order valence-electron chi connectivity index (χ1n) is 7.06. The largest absolute Gasteiger partial charge is 0.384 e. The summed E-state index contributed by atoms with van der Waals surface area (Å²) >= 11 is 0. The highest BCUT2D eigenvalue weighted by atomic mass is 15.1. The molecular weight excluding hydrogens is 224 g/mol. The topological polar surface area (TPSA) is 63.8 Å². The van der Waals surface area contributed by atoms with Crippen LogP contribution in [0.25, 0.3) is 0 Å². The number of hydrogen-bond acceptors (Lipinski definition) is 4. The van der Waals surface area contributed by atoms with Crippen molar-refractivity contribution in [2.45, 2.75) is 58.4 Å². The minimum Gasteiger partial charge on any atom is -0.384 e. The Morgan fingerprint density at radius 1 is 1.33 bits per heavy atom. The zero-order chi connectivity index (χ0) is 13.0. The van der Waals surface area contributed by atoms with E-state index in [1.807, 2.05) is 13.0 Å². The molecule has 0 aliphatic heterocycles. The molecule has 0 saturated heterocycles. The van der Waals surface area contributed by atoms with E-state index in [-0.39, 0.29) is 0 Å².